The second-order valence-corrected chi connectivity index (χ2v) is 4.20. The Hall–Kier alpha value is -0.900. The van der Waals surface area contributed by atoms with Gasteiger partial charge >= 0.3 is 5.97 Å². The van der Waals surface area contributed by atoms with E-state index in [9.17, 15) is 14.7 Å². The average Bonchev–Trinajstić information content (AvgIpc) is 2.29. The number of fused-ring (bicyclic) bond motifs is 2. The maximum absolute atomic E-state index is 11.8. The van der Waals surface area contributed by atoms with Crippen molar-refractivity contribution in [2.45, 2.75) is 44.3 Å². The smallest absolute Gasteiger partial charge is 0.303 e. The number of hydrogen-bond donors (Lipinski definition) is 1. The molecule has 2 aliphatic rings. The number of rotatable bonds is 1. The van der Waals surface area contributed by atoms with Gasteiger partial charge in [0.15, 0.2) is 11.4 Å². The third-order valence-electron chi connectivity index (χ3n) is 3.29. The normalized spacial score (nSPS) is 41.1. The fraction of sp³-hybridized carbons (Fsp3) is 0.800. The van der Waals surface area contributed by atoms with Crippen LogP contribution in [0, 0.1) is 5.92 Å². The first-order valence-electron chi connectivity index (χ1n) is 4.97. The van der Waals surface area contributed by atoms with Crippen LogP contribution in [-0.2, 0) is 14.3 Å². The van der Waals surface area contributed by atoms with Gasteiger partial charge in [0.2, 0.25) is 0 Å². The van der Waals surface area contributed by atoms with Crippen LogP contribution in [0.4, 0.5) is 0 Å². The molecule has 4 nitrogen and oxygen atoms in total. The molecule has 2 aliphatic carbocycles. The van der Waals surface area contributed by atoms with Crippen LogP contribution < -0.4 is 0 Å². The molecular formula is C10H14O4. The van der Waals surface area contributed by atoms with E-state index in [4.69, 9.17) is 4.74 Å². The van der Waals surface area contributed by atoms with Gasteiger partial charge < -0.3 is 9.84 Å². The summed E-state index contributed by atoms with van der Waals surface area (Å²) in [5.41, 5.74) is -0.893. The summed E-state index contributed by atoms with van der Waals surface area (Å²) in [6.45, 7) is 1.32. The first-order chi connectivity index (χ1) is 6.55. The molecule has 0 heterocycles. The Morgan fingerprint density at radius 3 is 2.79 bits per heavy atom. The van der Waals surface area contributed by atoms with Crippen LogP contribution in [0.25, 0.3) is 0 Å². The summed E-state index contributed by atoms with van der Waals surface area (Å²) in [5.74, 6) is -0.787. The van der Waals surface area contributed by atoms with E-state index in [-0.39, 0.29) is 11.7 Å². The van der Waals surface area contributed by atoms with Gasteiger partial charge in [-0.1, -0.05) is 0 Å². The van der Waals surface area contributed by atoms with Crippen LogP contribution >= 0.6 is 0 Å². The van der Waals surface area contributed by atoms with Crippen molar-refractivity contribution in [1.82, 2.24) is 0 Å². The number of Topliss-reactive ketones (excluding diaryl/α,β-unsaturated/α-hetero) is 1. The Bertz CT molecular complexity index is 286. The van der Waals surface area contributed by atoms with Crippen molar-refractivity contribution >= 4 is 11.8 Å². The Balaban J connectivity index is 2.22. The number of ether oxygens (including phenoxy) is 1. The van der Waals surface area contributed by atoms with Gasteiger partial charge in [0.25, 0.3) is 0 Å². The van der Waals surface area contributed by atoms with E-state index in [1.807, 2.05) is 0 Å². The molecule has 0 radical (unpaired) electrons. The topological polar surface area (TPSA) is 63.6 Å². The Kier molecular flexibility index (Phi) is 2.10. The van der Waals surface area contributed by atoms with E-state index in [0.717, 1.165) is 0 Å². The molecule has 0 aromatic heterocycles. The molecule has 0 aliphatic heterocycles. The van der Waals surface area contributed by atoms with Crippen LogP contribution in [0.3, 0.4) is 0 Å². The summed E-state index contributed by atoms with van der Waals surface area (Å²) in [7, 11) is 0. The van der Waals surface area contributed by atoms with Crippen LogP contribution in [-0.4, -0.2) is 28.6 Å². The number of carbonyl (C=O) groups excluding carboxylic acids is 2. The molecule has 0 amide bonds. The predicted molar refractivity (Wildman–Crippen MR) is 47.5 cm³/mol. The second kappa shape index (κ2) is 3.05. The van der Waals surface area contributed by atoms with Crippen molar-refractivity contribution in [2.24, 2.45) is 5.92 Å². The molecule has 0 aromatic carbocycles. The maximum atomic E-state index is 11.8. The summed E-state index contributed by atoms with van der Waals surface area (Å²) in [5, 5.41) is 9.55. The van der Waals surface area contributed by atoms with Crippen LogP contribution in [0.1, 0.15) is 32.6 Å². The molecule has 0 saturated heterocycles. The Morgan fingerprint density at radius 1 is 1.50 bits per heavy atom. The van der Waals surface area contributed by atoms with Gasteiger partial charge in [0.05, 0.1) is 6.10 Å². The number of carbonyl (C=O) groups is 2. The minimum atomic E-state index is -0.893. The molecule has 3 atom stereocenters. The zero-order valence-electron chi connectivity index (χ0n) is 8.16. The van der Waals surface area contributed by atoms with Gasteiger partial charge in [-0.25, -0.2) is 0 Å². The zero-order valence-corrected chi connectivity index (χ0v) is 8.16. The van der Waals surface area contributed by atoms with Gasteiger partial charge in [0, 0.05) is 12.8 Å². The third-order valence-corrected chi connectivity index (χ3v) is 3.29. The van der Waals surface area contributed by atoms with E-state index in [1.54, 1.807) is 0 Å². The van der Waals surface area contributed by atoms with Crippen molar-refractivity contribution in [3.63, 3.8) is 0 Å². The number of esters is 1. The van der Waals surface area contributed by atoms with E-state index >= 15 is 0 Å². The lowest BCUT2D eigenvalue weighted by molar-refractivity contribution is -0.169. The summed E-state index contributed by atoms with van der Waals surface area (Å²) >= 11 is 0. The highest BCUT2D eigenvalue weighted by molar-refractivity contribution is 5.94. The van der Waals surface area contributed by atoms with Gasteiger partial charge in [-0.05, 0) is 25.7 Å². The number of hydrogen-bond acceptors (Lipinski definition) is 4. The molecule has 0 aromatic rings. The van der Waals surface area contributed by atoms with E-state index in [0.29, 0.717) is 25.7 Å². The predicted octanol–water partition coefficient (Wildman–Crippen LogP) is 0.422. The molecular weight excluding hydrogens is 184 g/mol. The highest BCUT2D eigenvalue weighted by Gasteiger charge is 2.55. The van der Waals surface area contributed by atoms with Crippen LogP contribution in [0.5, 0.6) is 0 Å². The SMILES string of the molecule is CC(=O)O[C@]12CC[C@H](O)[C@@H](CC1)C2=O. The fourth-order valence-corrected chi connectivity index (χ4v) is 2.61. The number of aliphatic hydroxyl groups is 1. The summed E-state index contributed by atoms with van der Waals surface area (Å²) in [4.78, 5) is 22.7. The molecule has 2 rings (SSSR count). The van der Waals surface area contributed by atoms with Crippen molar-refractivity contribution in [1.29, 1.82) is 0 Å². The standard InChI is InChI=1S/C10H14O4/c1-6(11)14-10-4-2-7(9(10)13)8(12)3-5-10/h7-8,12H,2-5H2,1H3/t7-,8+,10+/m1/s1. The molecule has 14 heavy (non-hydrogen) atoms. The second-order valence-electron chi connectivity index (χ2n) is 4.20. The highest BCUT2D eigenvalue weighted by Crippen LogP contribution is 2.44. The van der Waals surface area contributed by atoms with Gasteiger partial charge in [-0.3, -0.25) is 9.59 Å². The van der Waals surface area contributed by atoms with Crippen molar-refractivity contribution < 1.29 is 19.4 Å². The molecule has 2 fully saturated rings. The first-order valence-corrected chi connectivity index (χ1v) is 4.97. The van der Waals surface area contributed by atoms with E-state index in [1.165, 1.54) is 6.92 Å². The quantitative estimate of drug-likeness (QED) is 0.620. The molecule has 1 N–H and O–H groups in total. The lowest BCUT2D eigenvalue weighted by atomic mass is 9.82. The van der Waals surface area contributed by atoms with E-state index < -0.39 is 17.7 Å². The van der Waals surface area contributed by atoms with Crippen molar-refractivity contribution in [3.05, 3.63) is 0 Å². The zero-order chi connectivity index (χ0) is 10.3. The highest BCUT2D eigenvalue weighted by atomic mass is 16.6. The summed E-state index contributed by atoms with van der Waals surface area (Å²) in [6.07, 6.45) is 1.72. The molecule has 78 valence electrons. The minimum absolute atomic E-state index is 0.0774. The van der Waals surface area contributed by atoms with Crippen molar-refractivity contribution in [3.8, 4) is 0 Å². The molecule has 4 heteroatoms. The Morgan fingerprint density at radius 2 is 2.14 bits per heavy atom. The van der Waals surface area contributed by atoms with E-state index in [2.05, 4.69) is 0 Å². The largest absolute Gasteiger partial charge is 0.451 e. The van der Waals surface area contributed by atoms with Crippen molar-refractivity contribution in [2.75, 3.05) is 0 Å². The first kappa shape index (κ1) is 9.65. The van der Waals surface area contributed by atoms with Crippen LogP contribution in [0.2, 0.25) is 0 Å². The molecule has 0 spiro atoms. The van der Waals surface area contributed by atoms with Gasteiger partial charge in [-0.15, -0.1) is 0 Å². The molecule has 2 saturated carbocycles. The summed E-state index contributed by atoms with van der Waals surface area (Å²) in [6, 6.07) is 0. The fourth-order valence-electron chi connectivity index (χ4n) is 2.61. The Labute approximate surface area is 82.2 Å². The maximum Gasteiger partial charge on any atom is 0.303 e. The lowest BCUT2D eigenvalue weighted by Gasteiger charge is -2.33. The average molecular weight is 198 g/mol. The monoisotopic (exact) mass is 198 g/mol. The van der Waals surface area contributed by atoms with Gasteiger partial charge in [-0.2, -0.15) is 0 Å². The van der Waals surface area contributed by atoms with Crippen LogP contribution in [0.15, 0.2) is 0 Å². The summed E-state index contributed by atoms with van der Waals surface area (Å²) < 4.78 is 5.13. The number of aliphatic hydroxyl groups excluding tert-OH is 1. The minimum Gasteiger partial charge on any atom is -0.451 e. The third kappa shape index (κ3) is 1.25. The van der Waals surface area contributed by atoms with Gasteiger partial charge in [0.1, 0.15) is 0 Å². The molecule has 0 unspecified atom stereocenters. The number of ketones is 1. The molecule has 2 bridgehead atoms. The lowest BCUT2D eigenvalue weighted by Crippen LogP contribution is -2.47.